The fourth-order valence-corrected chi connectivity index (χ4v) is 1.84. The predicted octanol–water partition coefficient (Wildman–Crippen LogP) is 3.48. The van der Waals surface area contributed by atoms with Crippen LogP contribution in [0.3, 0.4) is 0 Å². The minimum Gasteiger partial charge on any atom is -0.248 e. The van der Waals surface area contributed by atoms with Crippen LogP contribution in [0.2, 0.25) is 5.02 Å². The SMILES string of the molecule is CC(C)CSc1ncccc1Cl. The Labute approximate surface area is 82.5 Å². The fraction of sp³-hybridized carbons (Fsp3) is 0.444. The van der Waals surface area contributed by atoms with Gasteiger partial charge in [0, 0.05) is 11.9 Å². The van der Waals surface area contributed by atoms with E-state index < -0.39 is 0 Å². The summed E-state index contributed by atoms with van der Waals surface area (Å²) in [7, 11) is 0. The maximum atomic E-state index is 5.92. The van der Waals surface area contributed by atoms with Crippen LogP contribution in [0.1, 0.15) is 13.8 Å². The monoisotopic (exact) mass is 201 g/mol. The van der Waals surface area contributed by atoms with Crippen molar-refractivity contribution in [2.45, 2.75) is 18.9 Å². The van der Waals surface area contributed by atoms with E-state index in [1.807, 2.05) is 12.1 Å². The molecule has 0 spiro atoms. The average Bonchev–Trinajstić information content (AvgIpc) is 2.03. The number of hydrogen-bond donors (Lipinski definition) is 0. The lowest BCUT2D eigenvalue weighted by Gasteiger charge is -2.04. The number of hydrogen-bond acceptors (Lipinski definition) is 2. The molecule has 12 heavy (non-hydrogen) atoms. The number of thioether (sulfide) groups is 1. The van der Waals surface area contributed by atoms with Gasteiger partial charge in [-0.05, 0) is 18.1 Å². The molecule has 0 atom stereocenters. The lowest BCUT2D eigenvalue weighted by molar-refractivity contribution is 0.749. The third kappa shape index (κ3) is 3.03. The Morgan fingerprint density at radius 2 is 2.33 bits per heavy atom. The van der Waals surface area contributed by atoms with Crippen molar-refractivity contribution in [2.75, 3.05) is 5.75 Å². The van der Waals surface area contributed by atoms with E-state index >= 15 is 0 Å². The third-order valence-corrected chi connectivity index (χ3v) is 3.13. The van der Waals surface area contributed by atoms with E-state index in [0.29, 0.717) is 5.92 Å². The highest BCUT2D eigenvalue weighted by Crippen LogP contribution is 2.25. The summed E-state index contributed by atoms with van der Waals surface area (Å²) >= 11 is 7.64. The van der Waals surface area contributed by atoms with Crippen molar-refractivity contribution < 1.29 is 0 Å². The van der Waals surface area contributed by atoms with Crippen LogP contribution in [0.4, 0.5) is 0 Å². The maximum Gasteiger partial charge on any atom is 0.115 e. The lowest BCUT2D eigenvalue weighted by Crippen LogP contribution is -1.91. The largest absolute Gasteiger partial charge is 0.248 e. The zero-order chi connectivity index (χ0) is 8.97. The number of halogens is 1. The molecule has 0 saturated carbocycles. The highest BCUT2D eigenvalue weighted by Gasteiger charge is 2.02. The van der Waals surface area contributed by atoms with Crippen LogP contribution < -0.4 is 0 Å². The quantitative estimate of drug-likeness (QED) is 0.695. The number of rotatable bonds is 3. The molecule has 0 N–H and O–H groups in total. The summed E-state index contributed by atoms with van der Waals surface area (Å²) in [5, 5.41) is 1.69. The van der Waals surface area contributed by atoms with Gasteiger partial charge < -0.3 is 0 Å². The molecule has 0 aliphatic carbocycles. The summed E-state index contributed by atoms with van der Waals surface area (Å²) in [5.74, 6) is 1.74. The predicted molar refractivity (Wildman–Crippen MR) is 54.8 cm³/mol. The lowest BCUT2D eigenvalue weighted by atomic mass is 10.3. The maximum absolute atomic E-state index is 5.92. The van der Waals surface area contributed by atoms with Crippen molar-refractivity contribution in [2.24, 2.45) is 5.92 Å². The molecule has 3 heteroatoms. The summed E-state index contributed by atoms with van der Waals surface area (Å²) < 4.78 is 0. The van der Waals surface area contributed by atoms with Crippen LogP contribution in [-0.4, -0.2) is 10.7 Å². The second-order valence-electron chi connectivity index (χ2n) is 3.00. The van der Waals surface area contributed by atoms with Crippen molar-refractivity contribution in [3.05, 3.63) is 23.4 Å². The molecule has 0 amide bonds. The molecule has 0 saturated heterocycles. The third-order valence-electron chi connectivity index (χ3n) is 1.28. The Morgan fingerprint density at radius 3 is 2.92 bits per heavy atom. The molecular weight excluding hydrogens is 190 g/mol. The first-order valence-corrected chi connectivity index (χ1v) is 5.30. The molecule has 66 valence electrons. The zero-order valence-corrected chi connectivity index (χ0v) is 8.82. The Balaban J connectivity index is 2.57. The molecule has 0 aromatic carbocycles. The van der Waals surface area contributed by atoms with Crippen LogP contribution in [-0.2, 0) is 0 Å². The van der Waals surface area contributed by atoms with Crippen molar-refractivity contribution in [1.29, 1.82) is 0 Å². The molecule has 0 radical (unpaired) electrons. The van der Waals surface area contributed by atoms with E-state index in [-0.39, 0.29) is 0 Å². The summed E-state index contributed by atoms with van der Waals surface area (Å²) in [6.07, 6.45) is 1.77. The Morgan fingerprint density at radius 1 is 1.58 bits per heavy atom. The minimum absolute atomic E-state index is 0.674. The molecule has 1 aromatic heterocycles. The number of pyridine rings is 1. The summed E-state index contributed by atoms with van der Waals surface area (Å²) in [6, 6.07) is 3.72. The normalized spacial score (nSPS) is 10.7. The molecule has 0 aliphatic heterocycles. The molecule has 1 aromatic rings. The van der Waals surface area contributed by atoms with Gasteiger partial charge in [-0.15, -0.1) is 11.8 Å². The topological polar surface area (TPSA) is 12.9 Å². The van der Waals surface area contributed by atoms with Crippen LogP contribution in [0, 0.1) is 5.92 Å². The van der Waals surface area contributed by atoms with Crippen molar-refractivity contribution in [1.82, 2.24) is 4.98 Å². The standard InChI is InChI=1S/C9H12ClNS/c1-7(2)6-12-9-8(10)4-3-5-11-9/h3-5,7H,6H2,1-2H3. The molecule has 0 unspecified atom stereocenters. The van der Waals surface area contributed by atoms with Gasteiger partial charge in [-0.25, -0.2) is 4.98 Å². The summed E-state index contributed by atoms with van der Waals surface area (Å²) in [4.78, 5) is 4.18. The van der Waals surface area contributed by atoms with E-state index in [9.17, 15) is 0 Å². The van der Waals surface area contributed by atoms with Crippen LogP contribution in [0.5, 0.6) is 0 Å². The van der Waals surface area contributed by atoms with Crippen molar-refractivity contribution >= 4 is 23.4 Å². The Hall–Kier alpha value is -0.210. The highest BCUT2D eigenvalue weighted by atomic mass is 35.5. The van der Waals surface area contributed by atoms with Crippen LogP contribution in [0.15, 0.2) is 23.4 Å². The smallest absolute Gasteiger partial charge is 0.115 e. The van der Waals surface area contributed by atoms with Gasteiger partial charge >= 0.3 is 0 Å². The van der Waals surface area contributed by atoms with Gasteiger partial charge in [0.15, 0.2) is 0 Å². The summed E-state index contributed by atoms with van der Waals surface area (Å²) in [6.45, 7) is 4.37. The number of nitrogens with zero attached hydrogens (tertiary/aromatic N) is 1. The van der Waals surface area contributed by atoms with E-state index in [1.54, 1.807) is 18.0 Å². The molecular formula is C9H12ClNS. The second kappa shape index (κ2) is 4.73. The zero-order valence-electron chi connectivity index (χ0n) is 7.25. The Bertz CT molecular complexity index is 250. The van der Waals surface area contributed by atoms with E-state index in [2.05, 4.69) is 18.8 Å². The molecule has 0 fully saturated rings. The first kappa shape index (κ1) is 9.87. The number of aromatic nitrogens is 1. The molecule has 1 heterocycles. The van der Waals surface area contributed by atoms with Gasteiger partial charge in [0.1, 0.15) is 5.03 Å². The summed E-state index contributed by atoms with van der Waals surface area (Å²) in [5.41, 5.74) is 0. The van der Waals surface area contributed by atoms with Gasteiger partial charge in [-0.2, -0.15) is 0 Å². The highest BCUT2D eigenvalue weighted by molar-refractivity contribution is 7.99. The van der Waals surface area contributed by atoms with Crippen molar-refractivity contribution in [3.63, 3.8) is 0 Å². The van der Waals surface area contributed by atoms with Crippen molar-refractivity contribution in [3.8, 4) is 0 Å². The van der Waals surface area contributed by atoms with E-state index in [4.69, 9.17) is 11.6 Å². The first-order valence-electron chi connectivity index (χ1n) is 3.93. The molecule has 1 rings (SSSR count). The fourth-order valence-electron chi connectivity index (χ4n) is 0.723. The van der Waals surface area contributed by atoms with Crippen LogP contribution in [0.25, 0.3) is 0 Å². The average molecular weight is 202 g/mol. The van der Waals surface area contributed by atoms with Gasteiger partial charge in [0.25, 0.3) is 0 Å². The Kier molecular flexibility index (Phi) is 3.89. The van der Waals surface area contributed by atoms with Gasteiger partial charge in [-0.1, -0.05) is 25.4 Å². The minimum atomic E-state index is 0.674. The van der Waals surface area contributed by atoms with E-state index in [1.165, 1.54) is 0 Å². The van der Waals surface area contributed by atoms with Gasteiger partial charge in [0.05, 0.1) is 5.02 Å². The molecule has 0 aliphatic rings. The molecule has 0 bridgehead atoms. The van der Waals surface area contributed by atoms with E-state index in [0.717, 1.165) is 15.8 Å². The van der Waals surface area contributed by atoms with Gasteiger partial charge in [-0.3, -0.25) is 0 Å². The first-order chi connectivity index (χ1) is 5.70. The van der Waals surface area contributed by atoms with Gasteiger partial charge in [0.2, 0.25) is 0 Å². The second-order valence-corrected chi connectivity index (χ2v) is 4.41. The molecule has 1 nitrogen and oxygen atoms in total. The van der Waals surface area contributed by atoms with Crippen LogP contribution >= 0.6 is 23.4 Å².